The lowest BCUT2D eigenvalue weighted by Crippen LogP contribution is -2.63. The molecule has 1 unspecified atom stereocenters. The first-order valence-electron chi connectivity index (χ1n) is 8.36. The lowest BCUT2D eigenvalue weighted by molar-refractivity contribution is 0.00956. The molecule has 0 aromatic rings. The summed E-state index contributed by atoms with van der Waals surface area (Å²) in [6.45, 7) is 8.23. The van der Waals surface area contributed by atoms with Gasteiger partial charge >= 0.3 is 0 Å². The fourth-order valence-corrected chi connectivity index (χ4v) is 3.68. The zero-order valence-corrected chi connectivity index (χ0v) is 13.3. The van der Waals surface area contributed by atoms with Crippen LogP contribution in [0.2, 0.25) is 0 Å². The highest BCUT2D eigenvalue weighted by Gasteiger charge is 2.42. The highest BCUT2D eigenvalue weighted by molar-refractivity contribution is 5.01. The van der Waals surface area contributed by atoms with Gasteiger partial charge in [0.05, 0.1) is 6.61 Å². The van der Waals surface area contributed by atoms with Gasteiger partial charge in [-0.05, 0) is 25.7 Å². The van der Waals surface area contributed by atoms with E-state index in [1.807, 2.05) is 0 Å². The fraction of sp³-hybridized carbons (Fsp3) is 1.00. The van der Waals surface area contributed by atoms with Crippen molar-refractivity contribution in [3.8, 4) is 0 Å². The number of rotatable bonds is 8. The van der Waals surface area contributed by atoms with E-state index in [4.69, 9.17) is 9.47 Å². The quantitative estimate of drug-likeness (QED) is 0.692. The summed E-state index contributed by atoms with van der Waals surface area (Å²) in [6.07, 6.45) is 7.73. The van der Waals surface area contributed by atoms with Gasteiger partial charge in [0.2, 0.25) is 0 Å². The molecule has 0 bridgehead atoms. The number of nitrogens with zero attached hydrogens (tertiary/aromatic N) is 1. The van der Waals surface area contributed by atoms with Crippen LogP contribution in [0.4, 0.5) is 0 Å². The average Bonchev–Trinajstić information content (AvgIpc) is 2.94. The summed E-state index contributed by atoms with van der Waals surface area (Å²) in [4.78, 5) is 2.72. The van der Waals surface area contributed by atoms with Gasteiger partial charge in [-0.2, -0.15) is 0 Å². The molecular weight excluding hydrogens is 252 g/mol. The van der Waals surface area contributed by atoms with E-state index in [0.29, 0.717) is 11.6 Å². The van der Waals surface area contributed by atoms with E-state index in [2.05, 4.69) is 17.1 Å². The summed E-state index contributed by atoms with van der Waals surface area (Å²) in [5.74, 6) is 0. The van der Waals surface area contributed by atoms with E-state index in [-0.39, 0.29) is 0 Å². The third-order valence-electron chi connectivity index (χ3n) is 5.00. The minimum atomic E-state index is 0.432. The van der Waals surface area contributed by atoms with Gasteiger partial charge in [-0.15, -0.1) is 0 Å². The van der Waals surface area contributed by atoms with Crippen LogP contribution in [0.25, 0.3) is 0 Å². The maximum Gasteiger partial charge on any atom is 0.0593 e. The Hall–Kier alpha value is -0.160. The van der Waals surface area contributed by atoms with Gasteiger partial charge in [-0.25, -0.2) is 0 Å². The lowest BCUT2D eigenvalue weighted by atomic mass is 9.90. The predicted octanol–water partition coefficient (Wildman–Crippen LogP) is 2.04. The van der Waals surface area contributed by atoms with Gasteiger partial charge in [0.25, 0.3) is 0 Å². The summed E-state index contributed by atoms with van der Waals surface area (Å²) in [7, 11) is 1.75. The van der Waals surface area contributed by atoms with Crippen molar-refractivity contribution in [3.63, 3.8) is 0 Å². The summed E-state index contributed by atoms with van der Waals surface area (Å²) in [5, 5.41) is 3.75. The predicted molar refractivity (Wildman–Crippen MR) is 82.2 cm³/mol. The Balaban J connectivity index is 1.75. The van der Waals surface area contributed by atoms with Crippen LogP contribution in [0.3, 0.4) is 0 Å². The molecule has 2 rings (SSSR count). The molecule has 4 nitrogen and oxygen atoms in total. The first-order valence-corrected chi connectivity index (χ1v) is 8.36. The van der Waals surface area contributed by atoms with Crippen molar-refractivity contribution < 1.29 is 9.47 Å². The fourth-order valence-electron chi connectivity index (χ4n) is 3.68. The molecule has 0 radical (unpaired) electrons. The molecule has 0 aromatic carbocycles. The Labute approximate surface area is 124 Å². The monoisotopic (exact) mass is 284 g/mol. The number of methoxy groups -OCH3 is 1. The number of ether oxygens (including phenoxy) is 2. The molecule has 1 spiro atoms. The molecule has 1 N–H and O–H groups in total. The molecule has 2 aliphatic rings. The van der Waals surface area contributed by atoms with Gasteiger partial charge in [-0.1, -0.05) is 19.8 Å². The van der Waals surface area contributed by atoms with Gasteiger partial charge in [0, 0.05) is 51.5 Å². The van der Waals surface area contributed by atoms with Crippen LogP contribution in [0.1, 0.15) is 45.4 Å². The third-order valence-corrected chi connectivity index (χ3v) is 5.00. The van der Waals surface area contributed by atoms with Crippen molar-refractivity contribution in [2.24, 2.45) is 0 Å². The first-order chi connectivity index (χ1) is 9.80. The van der Waals surface area contributed by atoms with Crippen molar-refractivity contribution in [3.05, 3.63) is 0 Å². The van der Waals surface area contributed by atoms with Gasteiger partial charge in [0.15, 0.2) is 0 Å². The Bertz CT molecular complexity index is 267. The van der Waals surface area contributed by atoms with E-state index < -0.39 is 0 Å². The maximum absolute atomic E-state index is 5.77. The Morgan fingerprint density at radius 2 is 2.00 bits per heavy atom. The molecule has 1 aliphatic heterocycles. The molecule has 4 heteroatoms. The van der Waals surface area contributed by atoms with E-state index >= 15 is 0 Å². The molecule has 1 heterocycles. The molecule has 1 saturated carbocycles. The summed E-state index contributed by atoms with van der Waals surface area (Å²) < 4.78 is 10.8. The summed E-state index contributed by atoms with van der Waals surface area (Å²) in [5.41, 5.74) is 0.432. The van der Waals surface area contributed by atoms with Crippen molar-refractivity contribution in [2.75, 3.05) is 46.6 Å². The number of piperazine rings is 1. The van der Waals surface area contributed by atoms with Crippen molar-refractivity contribution in [1.29, 1.82) is 0 Å². The zero-order chi connectivity index (χ0) is 14.3. The Morgan fingerprint density at radius 3 is 2.70 bits per heavy atom. The van der Waals surface area contributed by atoms with Gasteiger partial charge < -0.3 is 14.8 Å². The van der Waals surface area contributed by atoms with Crippen molar-refractivity contribution in [2.45, 2.75) is 57.0 Å². The minimum absolute atomic E-state index is 0.432. The highest BCUT2D eigenvalue weighted by Crippen LogP contribution is 2.36. The SMILES string of the molecule is CCC1CN(CCOCCCOC)C2(CCCC2)CN1. The smallest absolute Gasteiger partial charge is 0.0593 e. The molecule has 20 heavy (non-hydrogen) atoms. The van der Waals surface area contributed by atoms with Crippen LogP contribution in [0.15, 0.2) is 0 Å². The topological polar surface area (TPSA) is 33.7 Å². The molecule has 118 valence electrons. The first kappa shape index (κ1) is 16.2. The standard InChI is InChI=1S/C16H32N2O2/c1-3-15-13-18(9-12-20-11-6-10-19-2)16(14-17-15)7-4-5-8-16/h15,17H,3-14H2,1-2H3. The van der Waals surface area contributed by atoms with Crippen LogP contribution in [0, 0.1) is 0 Å². The highest BCUT2D eigenvalue weighted by atomic mass is 16.5. The zero-order valence-electron chi connectivity index (χ0n) is 13.3. The van der Waals surface area contributed by atoms with Crippen LogP contribution >= 0.6 is 0 Å². The molecule has 0 amide bonds. The van der Waals surface area contributed by atoms with Crippen LogP contribution < -0.4 is 5.32 Å². The van der Waals surface area contributed by atoms with Crippen LogP contribution in [-0.2, 0) is 9.47 Å². The van der Waals surface area contributed by atoms with Gasteiger partial charge in [-0.3, -0.25) is 4.90 Å². The number of hydrogen-bond donors (Lipinski definition) is 1. The van der Waals surface area contributed by atoms with E-state index in [1.54, 1.807) is 7.11 Å². The Morgan fingerprint density at radius 1 is 1.20 bits per heavy atom. The second kappa shape index (κ2) is 8.32. The second-order valence-corrected chi connectivity index (χ2v) is 6.32. The largest absolute Gasteiger partial charge is 0.385 e. The van der Waals surface area contributed by atoms with E-state index in [0.717, 1.165) is 32.8 Å². The Kier molecular flexibility index (Phi) is 6.75. The van der Waals surface area contributed by atoms with Crippen molar-refractivity contribution >= 4 is 0 Å². The van der Waals surface area contributed by atoms with Crippen LogP contribution in [0.5, 0.6) is 0 Å². The van der Waals surface area contributed by atoms with Crippen molar-refractivity contribution in [1.82, 2.24) is 10.2 Å². The average molecular weight is 284 g/mol. The normalized spacial score (nSPS) is 26.4. The van der Waals surface area contributed by atoms with E-state index in [9.17, 15) is 0 Å². The lowest BCUT2D eigenvalue weighted by Gasteiger charge is -2.48. The summed E-state index contributed by atoms with van der Waals surface area (Å²) in [6, 6.07) is 0.662. The molecule has 0 aromatic heterocycles. The summed E-state index contributed by atoms with van der Waals surface area (Å²) >= 11 is 0. The second-order valence-electron chi connectivity index (χ2n) is 6.32. The molecule has 1 saturated heterocycles. The molecule has 2 fully saturated rings. The third kappa shape index (κ3) is 4.17. The number of nitrogens with one attached hydrogen (secondary N) is 1. The maximum atomic E-state index is 5.77. The van der Waals surface area contributed by atoms with E-state index in [1.165, 1.54) is 45.2 Å². The minimum Gasteiger partial charge on any atom is -0.385 e. The molecule has 1 atom stereocenters. The number of hydrogen-bond acceptors (Lipinski definition) is 4. The molecular formula is C16H32N2O2. The van der Waals surface area contributed by atoms with Crippen LogP contribution in [-0.4, -0.2) is 63.0 Å². The van der Waals surface area contributed by atoms with Gasteiger partial charge in [0.1, 0.15) is 0 Å². The molecule has 1 aliphatic carbocycles.